The predicted molar refractivity (Wildman–Crippen MR) is 73.0 cm³/mol. The Balaban J connectivity index is 2.29. The van der Waals surface area contributed by atoms with Crippen molar-refractivity contribution >= 4 is 39.3 Å². The number of carbonyl (C=O) groups is 3. The van der Waals surface area contributed by atoms with Crippen molar-refractivity contribution in [3.05, 3.63) is 35.2 Å². The zero-order chi connectivity index (χ0) is 14.7. The van der Waals surface area contributed by atoms with Gasteiger partial charge in [-0.05, 0) is 17.5 Å². The van der Waals surface area contributed by atoms with Crippen molar-refractivity contribution in [2.45, 2.75) is 0 Å². The molecule has 2 N–H and O–H groups in total. The summed E-state index contributed by atoms with van der Waals surface area (Å²) in [5.74, 6) is -3.09. The van der Waals surface area contributed by atoms with Crippen LogP contribution in [0.4, 0.5) is 0 Å². The Hall–Kier alpha value is -2.41. The largest absolute Gasteiger partial charge is 0.480 e. The van der Waals surface area contributed by atoms with Crippen LogP contribution < -0.4 is 0 Å². The first kappa shape index (κ1) is 14.0. The molecule has 0 aliphatic carbocycles. The van der Waals surface area contributed by atoms with Gasteiger partial charge in [0.25, 0.3) is 5.91 Å². The van der Waals surface area contributed by atoms with Gasteiger partial charge in [-0.2, -0.15) is 0 Å². The van der Waals surface area contributed by atoms with Gasteiger partial charge >= 0.3 is 11.9 Å². The minimum atomic E-state index is -1.25. The molecule has 0 radical (unpaired) electrons. The molecule has 0 saturated heterocycles. The second kappa shape index (κ2) is 5.70. The molecule has 0 unspecified atom stereocenters. The lowest BCUT2D eigenvalue weighted by atomic mass is 10.2. The fourth-order valence-corrected chi connectivity index (χ4v) is 2.80. The molecular formula is C13H11NO5S. The summed E-state index contributed by atoms with van der Waals surface area (Å²) in [6, 6.07) is 8.98. The number of carbonyl (C=O) groups excluding carboxylic acids is 1. The van der Waals surface area contributed by atoms with E-state index in [-0.39, 0.29) is 0 Å². The van der Waals surface area contributed by atoms with Crippen LogP contribution in [0.2, 0.25) is 0 Å². The van der Waals surface area contributed by atoms with E-state index >= 15 is 0 Å². The minimum absolute atomic E-state index is 0.328. The number of benzene rings is 1. The summed E-state index contributed by atoms with van der Waals surface area (Å²) in [7, 11) is 0. The van der Waals surface area contributed by atoms with Gasteiger partial charge in [-0.15, -0.1) is 11.3 Å². The van der Waals surface area contributed by atoms with Crippen molar-refractivity contribution in [1.29, 1.82) is 0 Å². The van der Waals surface area contributed by atoms with Gasteiger partial charge in [0.05, 0.1) is 4.88 Å². The number of aliphatic carboxylic acids is 2. The lowest BCUT2D eigenvalue weighted by molar-refractivity contribution is -0.140. The number of hydrogen-bond donors (Lipinski definition) is 2. The first-order valence-electron chi connectivity index (χ1n) is 5.69. The number of fused-ring (bicyclic) bond motifs is 1. The molecule has 1 aromatic heterocycles. The van der Waals surface area contributed by atoms with E-state index in [1.807, 2.05) is 24.3 Å². The third-order valence-corrected chi connectivity index (χ3v) is 3.68. The van der Waals surface area contributed by atoms with Gasteiger partial charge in [0.1, 0.15) is 13.1 Å². The average Bonchev–Trinajstić information content (AvgIpc) is 2.79. The van der Waals surface area contributed by atoms with Crippen molar-refractivity contribution < 1.29 is 24.6 Å². The van der Waals surface area contributed by atoms with Gasteiger partial charge in [-0.25, -0.2) is 0 Å². The highest BCUT2D eigenvalue weighted by atomic mass is 32.1. The van der Waals surface area contributed by atoms with E-state index in [1.54, 1.807) is 6.07 Å². The third-order valence-electron chi connectivity index (χ3n) is 2.58. The molecule has 0 fully saturated rings. The summed E-state index contributed by atoms with van der Waals surface area (Å²) >= 11 is 1.21. The summed E-state index contributed by atoms with van der Waals surface area (Å²) in [5, 5.41) is 18.4. The molecule has 1 amide bonds. The predicted octanol–water partition coefficient (Wildman–Crippen LogP) is 1.51. The van der Waals surface area contributed by atoms with E-state index in [9.17, 15) is 14.4 Å². The molecule has 1 aromatic carbocycles. The molecular weight excluding hydrogens is 282 g/mol. The van der Waals surface area contributed by atoms with Crippen LogP contribution in [0, 0.1) is 0 Å². The number of amides is 1. The lowest BCUT2D eigenvalue weighted by Crippen LogP contribution is -2.39. The summed E-state index contributed by atoms with van der Waals surface area (Å²) in [6.45, 7) is -1.28. The maximum atomic E-state index is 12.2. The highest BCUT2D eigenvalue weighted by Gasteiger charge is 2.22. The summed E-state index contributed by atoms with van der Waals surface area (Å²) < 4.78 is 0.890. The average molecular weight is 293 g/mol. The zero-order valence-corrected chi connectivity index (χ0v) is 11.1. The van der Waals surface area contributed by atoms with E-state index in [4.69, 9.17) is 10.2 Å². The van der Waals surface area contributed by atoms with E-state index in [0.29, 0.717) is 4.88 Å². The fraction of sp³-hybridized carbons (Fsp3) is 0.154. The van der Waals surface area contributed by atoms with Gasteiger partial charge in [-0.1, -0.05) is 18.2 Å². The normalized spacial score (nSPS) is 10.4. The third kappa shape index (κ3) is 3.12. The molecule has 0 aliphatic heterocycles. The van der Waals surface area contributed by atoms with E-state index in [2.05, 4.69) is 0 Å². The van der Waals surface area contributed by atoms with Crippen molar-refractivity contribution in [2.24, 2.45) is 0 Å². The molecule has 6 nitrogen and oxygen atoms in total. The van der Waals surface area contributed by atoms with Crippen LogP contribution in [0.5, 0.6) is 0 Å². The summed E-state index contributed by atoms with van der Waals surface area (Å²) in [4.78, 5) is 34.8. The van der Waals surface area contributed by atoms with Crippen LogP contribution in [0.25, 0.3) is 10.1 Å². The number of carboxylic acids is 2. The molecule has 104 valence electrons. The Labute approximate surface area is 117 Å². The van der Waals surface area contributed by atoms with Gasteiger partial charge in [0.15, 0.2) is 0 Å². The molecule has 1 heterocycles. The summed E-state index contributed by atoms with van der Waals surface area (Å²) in [6.07, 6.45) is 0. The van der Waals surface area contributed by atoms with Crippen LogP contribution in [0.15, 0.2) is 30.3 Å². The number of carboxylic acid groups (broad SMARTS) is 2. The Morgan fingerprint density at radius 2 is 1.65 bits per heavy atom. The first-order chi connectivity index (χ1) is 9.47. The van der Waals surface area contributed by atoms with Crippen molar-refractivity contribution in [1.82, 2.24) is 4.90 Å². The fourth-order valence-electron chi connectivity index (χ4n) is 1.77. The van der Waals surface area contributed by atoms with Gasteiger partial charge in [-0.3, -0.25) is 14.4 Å². The molecule has 0 bridgehead atoms. The van der Waals surface area contributed by atoms with Crippen molar-refractivity contribution in [2.75, 3.05) is 13.1 Å². The number of nitrogens with zero attached hydrogens (tertiary/aromatic N) is 1. The first-order valence-corrected chi connectivity index (χ1v) is 6.50. The zero-order valence-electron chi connectivity index (χ0n) is 10.3. The molecule has 0 saturated carbocycles. The topological polar surface area (TPSA) is 94.9 Å². The molecule has 2 rings (SSSR count). The lowest BCUT2D eigenvalue weighted by Gasteiger charge is -2.17. The van der Waals surface area contributed by atoms with Crippen LogP contribution in [0.3, 0.4) is 0 Å². The Bertz CT molecular complexity index is 629. The molecule has 20 heavy (non-hydrogen) atoms. The van der Waals surface area contributed by atoms with E-state index in [1.165, 1.54) is 11.3 Å². The van der Waals surface area contributed by atoms with Crippen molar-refractivity contribution in [3.63, 3.8) is 0 Å². The van der Waals surface area contributed by atoms with E-state index in [0.717, 1.165) is 15.0 Å². The van der Waals surface area contributed by atoms with Crippen molar-refractivity contribution in [3.8, 4) is 0 Å². The van der Waals surface area contributed by atoms with E-state index < -0.39 is 30.9 Å². The maximum absolute atomic E-state index is 12.2. The second-order valence-electron chi connectivity index (χ2n) is 4.10. The highest BCUT2D eigenvalue weighted by Crippen LogP contribution is 2.26. The maximum Gasteiger partial charge on any atom is 0.323 e. The standard InChI is InChI=1S/C13H11NO5S/c15-11(16)6-14(7-12(17)18)13(19)10-5-8-3-1-2-4-9(8)20-10/h1-5H,6-7H2,(H,15,16)(H,17,18). The summed E-state index contributed by atoms with van der Waals surface area (Å²) in [5.41, 5.74) is 0. The monoisotopic (exact) mass is 293 g/mol. The Morgan fingerprint density at radius 1 is 1.05 bits per heavy atom. The smallest absolute Gasteiger partial charge is 0.323 e. The molecule has 0 spiro atoms. The van der Waals surface area contributed by atoms with Gasteiger partial charge in [0.2, 0.25) is 0 Å². The molecule has 2 aromatic rings. The number of thiophene rings is 1. The minimum Gasteiger partial charge on any atom is -0.480 e. The quantitative estimate of drug-likeness (QED) is 0.871. The van der Waals surface area contributed by atoms with Crippen LogP contribution in [-0.2, 0) is 9.59 Å². The Morgan fingerprint density at radius 3 is 2.20 bits per heavy atom. The van der Waals surface area contributed by atoms with Crippen LogP contribution >= 0.6 is 11.3 Å². The Kier molecular flexibility index (Phi) is 3.99. The molecule has 7 heteroatoms. The second-order valence-corrected chi connectivity index (χ2v) is 5.18. The molecule has 0 aliphatic rings. The SMILES string of the molecule is O=C(O)CN(CC(=O)O)C(=O)c1cc2ccccc2s1. The van der Waals surface area contributed by atoms with Crippen LogP contribution in [-0.4, -0.2) is 46.0 Å². The number of hydrogen-bond acceptors (Lipinski definition) is 4. The van der Waals surface area contributed by atoms with Gasteiger partial charge in [0, 0.05) is 4.70 Å². The molecule has 0 atom stereocenters. The number of rotatable bonds is 5. The highest BCUT2D eigenvalue weighted by molar-refractivity contribution is 7.20. The van der Waals surface area contributed by atoms with Gasteiger partial charge < -0.3 is 15.1 Å². The van der Waals surface area contributed by atoms with Crippen LogP contribution in [0.1, 0.15) is 9.67 Å².